The average molecular weight is 618 g/mol. The first kappa shape index (κ1) is 26.6. The van der Waals surface area contributed by atoms with Crippen LogP contribution in [-0.2, 0) is 17.6 Å². The maximum Gasteiger partial charge on any atom is 0.425 e. The number of hydrogen-bond donors (Lipinski definition) is 0. The molecule has 4 aliphatic heterocycles. The molecule has 7 rings (SSSR count). The van der Waals surface area contributed by atoms with Gasteiger partial charge in [-0.25, -0.2) is 18.9 Å². The number of aryl methyl sites for hydroxylation is 1. The van der Waals surface area contributed by atoms with Gasteiger partial charge in [0.05, 0.1) is 45.0 Å². The number of hydrogen-bond acceptors (Lipinski definition) is 5. The van der Waals surface area contributed by atoms with Gasteiger partial charge in [-0.2, -0.15) is 0 Å². The summed E-state index contributed by atoms with van der Waals surface area (Å²) in [5.41, 5.74) is 4.85. The van der Waals surface area contributed by atoms with Crippen molar-refractivity contribution in [3.8, 4) is 5.75 Å². The normalized spacial score (nSPS) is 22.4. The Balaban J connectivity index is 1.60. The Morgan fingerprint density at radius 1 is 0.850 bits per heavy atom. The number of rotatable bonds is 3. The van der Waals surface area contributed by atoms with Gasteiger partial charge in [0, 0.05) is 37.4 Å². The second kappa shape index (κ2) is 10.5. The van der Waals surface area contributed by atoms with Crippen LogP contribution < -0.4 is 19.6 Å². The number of benzene rings is 3. The minimum atomic E-state index is -3.08. The number of anilines is 2. The Morgan fingerprint density at radius 2 is 1.62 bits per heavy atom. The van der Waals surface area contributed by atoms with Crippen molar-refractivity contribution in [3.63, 3.8) is 0 Å². The molecule has 208 valence electrons. The van der Waals surface area contributed by atoms with E-state index in [1.807, 2.05) is 30.3 Å². The first-order chi connectivity index (χ1) is 19.5. The van der Waals surface area contributed by atoms with E-state index in [0.29, 0.717) is 58.5 Å². The number of carbonyl (C=O) groups is 1. The molecule has 7 nitrogen and oxygen atoms in total. The molecule has 0 aliphatic carbocycles. The summed E-state index contributed by atoms with van der Waals surface area (Å²) in [6, 6.07) is 15.0. The number of fused-ring (bicyclic) bond motifs is 2. The quantitative estimate of drug-likeness (QED) is 0.282. The van der Waals surface area contributed by atoms with Crippen LogP contribution in [0.25, 0.3) is 0 Å². The third-order valence-corrected chi connectivity index (χ3v) is 12.7. The summed E-state index contributed by atoms with van der Waals surface area (Å²) in [6.07, 6.45) is 3.46. The molecule has 0 radical (unpaired) electrons. The van der Waals surface area contributed by atoms with Crippen molar-refractivity contribution < 1.29 is 14.3 Å². The van der Waals surface area contributed by atoms with Gasteiger partial charge in [0.15, 0.2) is 7.36 Å². The second-order valence-corrected chi connectivity index (χ2v) is 14.4. The van der Waals surface area contributed by atoms with Crippen LogP contribution in [0.1, 0.15) is 24.0 Å². The van der Waals surface area contributed by atoms with Gasteiger partial charge in [0.2, 0.25) is 0 Å². The molecule has 3 aromatic carbocycles. The highest BCUT2D eigenvalue weighted by atomic mass is 35.5. The van der Waals surface area contributed by atoms with Gasteiger partial charge in [-0.15, -0.1) is 0 Å². The van der Waals surface area contributed by atoms with Crippen molar-refractivity contribution >= 4 is 70.6 Å². The Hall–Kier alpha value is -2.25. The third-order valence-electron chi connectivity index (χ3n) is 8.05. The monoisotopic (exact) mass is 616 g/mol. The van der Waals surface area contributed by atoms with Crippen LogP contribution in [0.3, 0.4) is 0 Å². The maximum atomic E-state index is 14.3. The zero-order valence-corrected chi connectivity index (χ0v) is 24.9. The molecule has 3 aromatic rings. The maximum absolute atomic E-state index is 14.3. The molecule has 4 aliphatic rings. The molecule has 0 saturated carbocycles. The summed E-state index contributed by atoms with van der Waals surface area (Å²) in [7, 11) is -3.08. The van der Waals surface area contributed by atoms with E-state index >= 15 is 0 Å². The summed E-state index contributed by atoms with van der Waals surface area (Å²) in [5.74, 6) is 0.655. The Bertz CT molecular complexity index is 1570. The average Bonchev–Trinajstić information content (AvgIpc) is 2.97. The van der Waals surface area contributed by atoms with Crippen molar-refractivity contribution in [2.24, 2.45) is 4.74 Å². The topological polar surface area (TPSA) is 57.6 Å². The Kier molecular flexibility index (Phi) is 7.02. The van der Waals surface area contributed by atoms with Crippen LogP contribution in [0.2, 0.25) is 15.1 Å². The molecule has 40 heavy (non-hydrogen) atoms. The van der Waals surface area contributed by atoms with Crippen LogP contribution >= 0.6 is 42.2 Å². The highest BCUT2D eigenvalue weighted by Crippen LogP contribution is 2.64. The Labute approximate surface area is 248 Å². The van der Waals surface area contributed by atoms with Crippen molar-refractivity contribution in [1.82, 2.24) is 4.67 Å². The van der Waals surface area contributed by atoms with Crippen LogP contribution in [0, 0.1) is 0 Å². The smallest absolute Gasteiger partial charge is 0.408 e. The van der Waals surface area contributed by atoms with E-state index in [1.54, 1.807) is 16.8 Å². The van der Waals surface area contributed by atoms with Gasteiger partial charge < -0.3 is 14.4 Å². The molecular weight excluding hydrogens is 590 g/mol. The van der Waals surface area contributed by atoms with Crippen LogP contribution in [-0.4, -0.2) is 50.2 Å². The summed E-state index contributed by atoms with van der Waals surface area (Å²) in [5, 5.41) is 2.23. The minimum absolute atomic E-state index is 0.353. The number of amides is 1. The minimum Gasteiger partial charge on any atom is -0.408 e. The van der Waals surface area contributed by atoms with E-state index in [4.69, 9.17) is 49.0 Å². The summed E-state index contributed by atoms with van der Waals surface area (Å²) < 4.78 is 21.6. The number of carbonyl (C=O) groups excluding carboxylic acids is 1. The predicted octanol–water partition coefficient (Wildman–Crippen LogP) is 7.69. The zero-order chi connectivity index (χ0) is 27.4. The van der Waals surface area contributed by atoms with Crippen LogP contribution in [0.4, 0.5) is 21.9 Å². The number of halogens is 3. The lowest BCUT2D eigenvalue weighted by Gasteiger charge is -2.49. The number of nitrogens with zero attached hydrogens (tertiary/aromatic N) is 4. The van der Waals surface area contributed by atoms with Crippen molar-refractivity contribution in [3.05, 3.63) is 74.7 Å². The lowest BCUT2D eigenvalue weighted by molar-refractivity contribution is 0.0742. The SMILES string of the molecule is O=C1Oc2c(cc3c4c2CCCN4CCC3)[P@@](=Nc2ccccc2Cl)(N2CCOCC2)N1c1ccc(Cl)c(Cl)c1. The second-order valence-electron chi connectivity index (χ2n) is 10.4. The molecule has 0 aromatic heterocycles. The Morgan fingerprint density at radius 3 is 2.40 bits per heavy atom. The summed E-state index contributed by atoms with van der Waals surface area (Å²) in [4.78, 5) is 16.8. The molecule has 1 amide bonds. The molecule has 0 unspecified atom stereocenters. The number of ether oxygens (including phenoxy) is 2. The van der Waals surface area contributed by atoms with Gasteiger partial charge in [0.1, 0.15) is 5.75 Å². The molecule has 0 spiro atoms. The van der Waals surface area contributed by atoms with E-state index in [2.05, 4.69) is 15.6 Å². The highest BCUT2D eigenvalue weighted by Gasteiger charge is 2.50. The first-order valence-corrected chi connectivity index (χ1v) is 16.4. The molecule has 0 N–H and O–H groups in total. The van der Waals surface area contributed by atoms with Gasteiger partial charge in [-0.1, -0.05) is 46.9 Å². The predicted molar refractivity (Wildman–Crippen MR) is 163 cm³/mol. The van der Waals surface area contributed by atoms with Crippen LogP contribution in [0.15, 0.2) is 53.3 Å². The first-order valence-electron chi connectivity index (χ1n) is 13.6. The van der Waals surface area contributed by atoms with Gasteiger partial charge in [0.25, 0.3) is 0 Å². The number of morpholine rings is 1. The molecule has 1 saturated heterocycles. The highest BCUT2D eigenvalue weighted by molar-refractivity contribution is 7.74. The fourth-order valence-corrected chi connectivity index (χ4v) is 10.7. The van der Waals surface area contributed by atoms with Crippen molar-refractivity contribution in [1.29, 1.82) is 0 Å². The fourth-order valence-electron chi connectivity index (χ4n) is 6.34. The fraction of sp³-hybridized carbons (Fsp3) is 0.345. The van der Waals surface area contributed by atoms with E-state index in [1.165, 1.54) is 11.3 Å². The molecule has 11 heteroatoms. The lowest BCUT2D eigenvalue weighted by Crippen LogP contribution is -2.50. The van der Waals surface area contributed by atoms with Crippen LogP contribution in [0.5, 0.6) is 5.75 Å². The van der Waals surface area contributed by atoms with E-state index < -0.39 is 13.4 Å². The zero-order valence-electron chi connectivity index (χ0n) is 21.8. The molecule has 1 atom stereocenters. The molecular formula is C29H28Cl3N4O3P. The standard InChI is InChI=1S/C29H28Cl3N4O3P/c30-22-10-9-20(18-24(22)32)36-29(37)39-28-21-6-4-12-34-11-3-5-19(27(21)34)17-26(28)40(36,35-13-15-38-16-14-35)33-25-8-2-1-7-23(25)31/h1-2,7-10,17-18H,3-6,11-16H2/t40-/m1/s1. The van der Waals surface area contributed by atoms with E-state index in [0.717, 1.165) is 49.6 Å². The van der Waals surface area contributed by atoms with E-state index in [9.17, 15) is 4.79 Å². The van der Waals surface area contributed by atoms with Crippen molar-refractivity contribution in [2.75, 3.05) is 49.0 Å². The van der Waals surface area contributed by atoms with Gasteiger partial charge in [-0.3, -0.25) is 0 Å². The summed E-state index contributed by atoms with van der Waals surface area (Å²) >= 11 is 19.6. The molecule has 0 bridgehead atoms. The van der Waals surface area contributed by atoms with E-state index in [-0.39, 0.29) is 0 Å². The molecule has 4 heterocycles. The van der Waals surface area contributed by atoms with Gasteiger partial charge in [-0.05, 0) is 67.6 Å². The van der Waals surface area contributed by atoms with Gasteiger partial charge >= 0.3 is 6.09 Å². The summed E-state index contributed by atoms with van der Waals surface area (Å²) in [6.45, 7) is 4.32. The molecule has 1 fully saturated rings. The van der Waals surface area contributed by atoms with Crippen molar-refractivity contribution in [2.45, 2.75) is 25.7 Å². The largest absolute Gasteiger partial charge is 0.425 e. The lowest BCUT2D eigenvalue weighted by atomic mass is 9.91. The third kappa shape index (κ3) is 4.25.